The summed E-state index contributed by atoms with van der Waals surface area (Å²) >= 11 is 11.8. The second-order valence-electron chi connectivity index (χ2n) is 4.46. The summed E-state index contributed by atoms with van der Waals surface area (Å²) in [7, 11) is 0. The lowest BCUT2D eigenvalue weighted by Gasteiger charge is -2.16. The average Bonchev–Trinajstić information content (AvgIpc) is 2.41. The van der Waals surface area contributed by atoms with Crippen LogP contribution in [0.25, 0.3) is 0 Å². The van der Waals surface area contributed by atoms with Gasteiger partial charge in [0.25, 0.3) is 5.91 Å². The first-order valence-corrected chi connectivity index (χ1v) is 6.85. The van der Waals surface area contributed by atoms with E-state index >= 15 is 0 Å². The van der Waals surface area contributed by atoms with Crippen LogP contribution < -0.4 is 5.32 Å². The summed E-state index contributed by atoms with van der Waals surface area (Å²) in [6, 6.07) is 7.79. The molecule has 2 aromatic rings. The Morgan fingerprint density at radius 3 is 2.57 bits per heavy atom. The van der Waals surface area contributed by atoms with Gasteiger partial charge >= 0.3 is 0 Å². The standard InChI is InChI=1S/C15H11Cl2F2NO/c1-8(10-6-5-9(16)7-12(10)17)20-15(21)11-3-2-4-13(18)14(11)19/h2-8H,1H3,(H,20,21). The van der Waals surface area contributed by atoms with E-state index in [1.54, 1.807) is 25.1 Å². The van der Waals surface area contributed by atoms with Crippen molar-refractivity contribution in [3.05, 3.63) is 69.2 Å². The number of hydrogen-bond acceptors (Lipinski definition) is 1. The second-order valence-corrected chi connectivity index (χ2v) is 5.31. The Bertz CT molecular complexity index is 691. The smallest absolute Gasteiger partial charge is 0.254 e. The predicted octanol–water partition coefficient (Wildman–Crippen LogP) is 4.76. The van der Waals surface area contributed by atoms with Crippen LogP contribution in [0.3, 0.4) is 0 Å². The molecule has 2 rings (SSSR count). The molecule has 2 aromatic carbocycles. The predicted molar refractivity (Wildman–Crippen MR) is 78.7 cm³/mol. The van der Waals surface area contributed by atoms with Gasteiger partial charge in [0.2, 0.25) is 0 Å². The van der Waals surface area contributed by atoms with Crippen LogP contribution in [0.2, 0.25) is 10.0 Å². The van der Waals surface area contributed by atoms with Crippen molar-refractivity contribution in [3.8, 4) is 0 Å². The van der Waals surface area contributed by atoms with Crippen molar-refractivity contribution in [2.75, 3.05) is 0 Å². The molecule has 0 aromatic heterocycles. The van der Waals surface area contributed by atoms with E-state index in [-0.39, 0.29) is 5.56 Å². The Kier molecular flexibility index (Phi) is 4.80. The highest BCUT2D eigenvalue weighted by molar-refractivity contribution is 6.35. The van der Waals surface area contributed by atoms with Crippen molar-refractivity contribution < 1.29 is 13.6 Å². The highest BCUT2D eigenvalue weighted by Crippen LogP contribution is 2.26. The molecular formula is C15H11Cl2F2NO. The van der Waals surface area contributed by atoms with Gasteiger partial charge in [0.05, 0.1) is 11.6 Å². The number of hydrogen-bond donors (Lipinski definition) is 1. The Labute approximate surface area is 130 Å². The van der Waals surface area contributed by atoms with Crippen LogP contribution in [0.5, 0.6) is 0 Å². The van der Waals surface area contributed by atoms with Crippen LogP contribution in [0.4, 0.5) is 8.78 Å². The molecular weight excluding hydrogens is 319 g/mol. The summed E-state index contributed by atoms with van der Waals surface area (Å²) in [4.78, 5) is 12.0. The molecule has 1 amide bonds. The van der Waals surface area contributed by atoms with Crippen LogP contribution >= 0.6 is 23.2 Å². The van der Waals surface area contributed by atoms with Gasteiger partial charge < -0.3 is 5.32 Å². The molecule has 21 heavy (non-hydrogen) atoms. The Morgan fingerprint density at radius 2 is 1.90 bits per heavy atom. The molecule has 0 spiro atoms. The van der Waals surface area contributed by atoms with E-state index in [1.807, 2.05) is 0 Å². The third-order valence-electron chi connectivity index (χ3n) is 2.97. The number of carbonyl (C=O) groups excluding carboxylic acids is 1. The summed E-state index contributed by atoms with van der Waals surface area (Å²) < 4.78 is 26.7. The quantitative estimate of drug-likeness (QED) is 0.863. The fourth-order valence-electron chi connectivity index (χ4n) is 1.88. The third kappa shape index (κ3) is 3.52. The Balaban J connectivity index is 2.21. The lowest BCUT2D eigenvalue weighted by molar-refractivity contribution is 0.0935. The zero-order chi connectivity index (χ0) is 15.6. The third-order valence-corrected chi connectivity index (χ3v) is 3.54. The minimum atomic E-state index is -1.18. The number of halogens is 4. The number of rotatable bonds is 3. The molecule has 1 atom stereocenters. The number of benzene rings is 2. The van der Waals surface area contributed by atoms with E-state index in [1.165, 1.54) is 12.1 Å². The van der Waals surface area contributed by atoms with Crippen LogP contribution in [0.1, 0.15) is 28.9 Å². The van der Waals surface area contributed by atoms with E-state index in [0.717, 1.165) is 6.07 Å². The summed E-state index contributed by atoms with van der Waals surface area (Å²) in [5.41, 5.74) is 0.276. The largest absolute Gasteiger partial charge is 0.345 e. The molecule has 0 aliphatic heterocycles. The molecule has 0 saturated carbocycles. The summed E-state index contributed by atoms with van der Waals surface area (Å²) in [5.74, 6) is -2.96. The van der Waals surface area contributed by atoms with Crippen molar-refractivity contribution in [1.82, 2.24) is 5.32 Å². The van der Waals surface area contributed by atoms with Crippen LogP contribution in [0, 0.1) is 11.6 Å². The molecule has 0 bridgehead atoms. The van der Waals surface area contributed by atoms with Crippen molar-refractivity contribution in [3.63, 3.8) is 0 Å². The molecule has 0 heterocycles. The normalized spacial score (nSPS) is 12.0. The summed E-state index contributed by atoms with van der Waals surface area (Å²) in [5, 5.41) is 3.42. The average molecular weight is 330 g/mol. The molecule has 0 saturated heterocycles. The van der Waals surface area contributed by atoms with Gasteiger partial charge in [0, 0.05) is 10.0 Å². The van der Waals surface area contributed by atoms with E-state index in [9.17, 15) is 13.6 Å². The zero-order valence-corrected chi connectivity index (χ0v) is 12.5. The molecule has 1 unspecified atom stereocenters. The fraction of sp³-hybridized carbons (Fsp3) is 0.133. The number of amides is 1. The van der Waals surface area contributed by atoms with Crippen molar-refractivity contribution in [1.29, 1.82) is 0 Å². The molecule has 6 heteroatoms. The van der Waals surface area contributed by atoms with E-state index in [0.29, 0.717) is 15.6 Å². The van der Waals surface area contributed by atoms with Crippen molar-refractivity contribution in [2.45, 2.75) is 13.0 Å². The van der Waals surface area contributed by atoms with Gasteiger partial charge in [-0.25, -0.2) is 8.78 Å². The second kappa shape index (κ2) is 6.41. The van der Waals surface area contributed by atoms with Gasteiger partial charge in [-0.1, -0.05) is 35.3 Å². The SMILES string of the molecule is CC(NC(=O)c1cccc(F)c1F)c1ccc(Cl)cc1Cl. The monoisotopic (exact) mass is 329 g/mol. The lowest BCUT2D eigenvalue weighted by atomic mass is 10.1. The molecule has 110 valence electrons. The van der Waals surface area contributed by atoms with Crippen molar-refractivity contribution >= 4 is 29.1 Å². The molecule has 2 nitrogen and oxygen atoms in total. The topological polar surface area (TPSA) is 29.1 Å². The highest BCUT2D eigenvalue weighted by Gasteiger charge is 2.18. The lowest BCUT2D eigenvalue weighted by Crippen LogP contribution is -2.27. The van der Waals surface area contributed by atoms with E-state index in [4.69, 9.17) is 23.2 Å². The van der Waals surface area contributed by atoms with Gasteiger partial charge in [-0.05, 0) is 36.8 Å². The minimum absolute atomic E-state index is 0.355. The van der Waals surface area contributed by atoms with Gasteiger partial charge in [0.15, 0.2) is 11.6 Å². The highest BCUT2D eigenvalue weighted by atomic mass is 35.5. The molecule has 0 aliphatic rings. The minimum Gasteiger partial charge on any atom is -0.345 e. The fourth-order valence-corrected chi connectivity index (χ4v) is 2.46. The molecule has 0 fully saturated rings. The molecule has 0 radical (unpaired) electrons. The maximum Gasteiger partial charge on any atom is 0.254 e. The van der Waals surface area contributed by atoms with Crippen LogP contribution in [-0.4, -0.2) is 5.91 Å². The first-order chi connectivity index (χ1) is 9.90. The zero-order valence-electron chi connectivity index (χ0n) is 11.0. The van der Waals surface area contributed by atoms with Gasteiger partial charge in [-0.15, -0.1) is 0 Å². The van der Waals surface area contributed by atoms with Gasteiger partial charge in [-0.2, -0.15) is 0 Å². The van der Waals surface area contributed by atoms with Crippen LogP contribution in [0.15, 0.2) is 36.4 Å². The summed E-state index contributed by atoms with van der Waals surface area (Å²) in [6.07, 6.45) is 0. The van der Waals surface area contributed by atoms with Gasteiger partial charge in [0.1, 0.15) is 0 Å². The van der Waals surface area contributed by atoms with Crippen molar-refractivity contribution in [2.24, 2.45) is 0 Å². The summed E-state index contributed by atoms with van der Waals surface area (Å²) in [6.45, 7) is 1.68. The molecule has 0 aliphatic carbocycles. The van der Waals surface area contributed by atoms with E-state index in [2.05, 4.69) is 5.32 Å². The number of nitrogens with one attached hydrogen (secondary N) is 1. The first kappa shape index (κ1) is 15.7. The Morgan fingerprint density at radius 1 is 1.19 bits per heavy atom. The maximum atomic E-state index is 13.6. The van der Waals surface area contributed by atoms with Crippen LogP contribution in [-0.2, 0) is 0 Å². The van der Waals surface area contributed by atoms with Gasteiger partial charge in [-0.3, -0.25) is 4.79 Å². The first-order valence-electron chi connectivity index (χ1n) is 6.10. The number of carbonyl (C=O) groups is 1. The molecule has 1 N–H and O–H groups in total. The van der Waals surface area contributed by atoms with E-state index < -0.39 is 23.6 Å². The maximum absolute atomic E-state index is 13.6. The Hall–Kier alpha value is -1.65.